The van der Waals surface area contributed by atoms with Crippen molar-refractivity contribution >= 4 is 6.01 Å². The first-order chi connectivity index (χ1) is 3.80. The SMILES string of the molecule is N[NH+]([O-])c1ncco1. The van der Waals surface area contributed by atoms with Crippen LogP contribution >= 0.6 is 0 Å². The molecule has 3 N–H and O–H groups in total. The van der Waals surface area contributed by atoms with E-state index < -0.39 is 5.17 Å². The zero-order valence-corrected chi connectivity index (χ0v) is 4.00. The summed E-state index contributed by atoms with van der Waals surface area (Å²) in [6.45, 7) is 0. The van der Waals surface area contributed by atoms with Crippen LogP contribution < -0.4 is 11.0 Å². The topological polar surface area (TPSA) is 79.5 Å². The Morgan fingerprint density at radius 1 is 1.88 bits per heavy atom. The molecule has 0 aliphatic heterocycles. The first kappa shape index (κ1) is 5.23. The molecular formula is C3H5N3O2. The molecule has 0 saturated carbocycles. The van der Waals surface area contributed by atoms with Crippen LogP contribution in [0.25, 0.3) is 0 Å². The van der Waals surface area contributed by atoms with Gasteiger partial charge in [0, 0.05) is 0 Å². The maximum atomic E-state index is 10.1. The Labute approximate surface area is 45.3 Å². The van der Waals surface area contributed by atoms with E-state index in [4.69, 9.17) is 5.84 Å². The Morgan fingerprint density at radius 3 is 2.88 bits per heavy atom. The van der Waals surface area contributed by atoms with Gasteiger partial charge in [0.2, 0.25) is 0 Å². The van der Waals surface area contributed by atoms with Crippen LogP contribution in [0.1, 0.15) is 0 Å². The molecule has 5 heteroatoms. The van der Waals surface area contributed by atoms with Crippen molar-refractivity contribution < 1.29 is 9.59 Å². The largest absolute Gasteiger partial charge is 0.605 e. The van der Waals surface area contributed by atoms with E-state index in [0.29, 0.717) is 0 Å². The van der Waals surface area contributed by atoms with Gasteiger partial charge in [0.05, 0.1) is 6.20 Å². The summed E-state index contributed by atoms with van der Waals surface area (Å²) in [7, 11) is 0. The molecule has 0 bridgehead atoms. The Hall–Kier alpha value is -0.910. The molecule has 0 aliphatic rings. The predicted molar refractivity (Wildman–Crippen MR) is 24.7 cm³/mol. The molecule has 1 atom stereocenters. The Morgan fingerprint density at radius 2 is 2.62 bits per heavy atom. The van der Waals surface area contributed by atoms with E-state index in [-0.39, 0.29) is 6.01 Å². The van der Waals surface area contributed by atoms with Gasteiger partial charge in [-0.3, -0.25) is 0 Å². The first-order valence-electron chi connectivity index (χ1n) is 2.00. The van der Waals surface area contributed by atoms with Gasteiger partial charge >= 0.3 is 6.01 Å². The summed E-state index contributed by atoms with van der Waals surface area (Å²) in [6, 6.07) is -0.0509. The lowest BCUT2D eigenvalue weighted by atomic mass is 11.0. The summed E-state index contributed by atoms with van der Waals surface area (Å²) in [5.41, 5.74) is 0. The van der Waals surface area contributed by atoms with Crippen LogP contribution in [0.15, 0.2) is 16.9 Å². The Balaban J connectivity index is 2.77. The van der Waals surface area contributed by atoms with Gasteiger partial charge in [-0.2, -0.15) is 10.8 Å². The van der Waals surface area contributed by atoms with Crippen LogP contribution in [0.2, 0.25) is 0 Å². The van der Waals surface area contributed by atoms with E-state index in [1.165, 1.54) is 12.5 Å². The minimum atomic E-state index is -0.644. The van der Waals surface area contributed by atoms with Gasteiger partial charge in [0.25, 0.3) is 0 Å². The molecule has 0 fully saturated rings. The highest BCUT2D eigenvalue weighted by molar-refractivity contribution is 4.91. The number of nitrogen functional groups attached to an aromatic ring is 1. The van der Waals surface area contributed by atoms with E-state index in [1.807, 2.05) is 0 Å². The fraction of sp³-hybridized carbons (Fsp3) is 0. The third-order valence-electron chi connectivity index (χ3n) is 0.643. The van der Waals surface area contributed by atoms with Crippen molar-refractivity contribution in [2.75, 3.05) is 0 Å². The average molecular weight is 115 g/mol. The molecule has 1 unspecified atom stereocenters. The van der Waals surface area contributed by atoms with Crippen molar-refractivity contribution in [3.05, 3.63) is 17.7 Å². The van der Waals surface area contributed by atoms with Crippen molar-refractivity contribution in [2.24, 2.45) is 5.84 Å². The maximum Gasteiger partial charge on any atom is 0.422 e. The fourth-order valence-electron chi connectivity index (χ4n) is 0.345. The molecule has 0 amide bonds. The van der Waals surface area contributed by atoms with Gasteiger partial charge < -0.3 is 9.62 Å². The van der Waals surface area contributed by atoms with E-state index in [9.17, 15) is 5.21 Å². The number of oxazole rings is 1. The minimum absolute atomic E-state index is 0.0509. The molecular weight excluding hydrogens is 110 g/mol. The highest BCUT2D eigenvalue weighted by Gasteiger charge is 1.99. The number of nitrogens with two attached hydrogens (primary N) is 1. The lowest BCUT2D eigenvalue weighted by Crippen LogP contribution is -3.08. The second-order valence-electron chi connectivity index (χ2n) is 1.20. The molecule has 0 radical (unpaired) electrons. The third kappa shape index (κ3) is 0.836. The van der Waals surface area contributed by atoms with Crippen molar-refractivity contribution in [3.63, 3.8) is 0 Å². The zero-order valence-electron chi connectivity index (χ0n) is 4.00. The number of hydrogen-bond donors (Lipinski definition) is 2. The van der Waals surface area contributed by atoms with E-state index in [0.717, 1.165) is 0 Å². The second kappa shape index (κ2) is 1.91. The number of rotatable bonds is 1. The summed E-state index contributed by atoms with van der Waals surface area (Å²) in [5, 5.41) is 9.48. The second-order valence-corrected chi connectivity index (χ2v) is 1.20. The van der Waals surface area contributed by atoms with Crippen molar-refractivity contribution in [1.82, 2.24) is 4.98 Å². The number of nitrogens with zero attached hydrogens (tertiary/aromatic N) is 1. The molecule has 1 rings (SSSR count). The Kier molecular flexibility index (Phi) is 1.25. The lowest BCUT2D eigenvalue weighted by Gasteiger charge is -2.05. The summed E-state index contributed by atoms with van der Waals surface area (Å²) < 4.78 is 4.51. The number of hydrogen-bond acceptors (Lipinski definition) is 4. The van der Waals surface area contributed by atoms with Crippen molar-refractivity contribution in [1.29, 1.82) is 0 Å². The number of nitrogens with one attached hydrogen (secondary N) is 1. The fourth-order valence-corrected chi connectivity index (χ4v) is 0.345. The number of quaternary nitrogens is 1. The van der Waals surface area contributed by atoms with E-state index in [1.54, 1.807) is 0 Å². The normalized spacial score (nSPS) is 13.8. The van der Waals surface area contributed by atoms with E-state index in [2.05, 4.69) is 9.40 Å². The number of aromatic nitrogens is 1. The standard InChI is InChI=1S/C3H5N3O2/c4-6(7)3-5-1-2-8-3/h1-2,6H,4H2. The summed E-state index contributed by atoms with van der Waals surface area (Å²) in [5.74, 6) is 4.76. The molecule has 0 saturated heterocycles. The molecule has 0 spiro atoms. The summed E-state index contributed by atoms with van der Waals surface area (Å²) in [4.78, 5) is 3.47. The van der Waals surface area contributed by atoms with Crippen LogP contribution in [0, 0.1) is 5.21 Å². The van der Waals surface area contributed by atoms with Crippen LogP contribution in [0.5, 0.6) is 0 Å². The highest BCUT2D eigenvalue weighted by Crippen LogP contribution is 1.90. The van der Waals surface area contributed by atoms with Crippen LogP contribution in [-0.4, -0.2) is 4.98 Å². The van der Waals surface area contributed by atoms with Crippen LogP contribution in [-0.2, 0) is 0 Å². The van der Waals surface area contributed by atoms with Gasteiger partial charge in [-0.05, 0) is 0 Å². The highest BCUT2D eigenvalue weighted by atomic mass is 16.6. The first-order valence-corrected chi connectivity index (χ1v) is 2.00. The average Bonchev–Trinajstić information content (AvgIpc) is 2.12. The molecule has 0 aliphatic carbocycles. The van der Waals surface area contributed by atoms with Gasteiger partial charge in [-0.25, -0.2) is 5.17 Å². The quantitative estimate of drug-likeness (QED) is 0.347. The maximum absolute atomic E-state index is 10.1. The minimum Gasteiger partial charge on any atom is -0.605 e. The predicted octanol–water partition coefficient (Wildman–Crippen LogP) is -1.44. The van der Waals surface area contributed by atoms with Crippen molar-refractivity contribution in [2.45, 2.75) is 0 Å². The van der Waals surface area contributed by atoms with Gasteiger partial charge in [-0.15, -0.1) is 0 Å². The third-order valence-corrected chi connectivity index (χ3v) is 0.643. The van der Waals surface area contributed by atoms with Crippen LogP contribution in [0.3, 0.4) is 0 Å². The van der Waals surface area contributed by atoms with E-state index >= 15 is 0 Å². The molecule has 1 aromatic heterocycles. The van der Waals surface area contributed by atoms with Crippen LogP contribution in [0.4, 0.5) is 6.01 Å². The summed E-state index contributed by atoms with van der Waals surface area (Å²) in [6.07, 6.45) is 2.65. The molecule has 0 aromatic carbocycles. The smallest absolute Gasteiger partial charge is 0.422 e. The summed E-state index contributed by atoms with van der Waals surface area (Å²) >= 11 is 0. The molecule has 1 aromatic rings. The van der Waals surface area contributed by atoms with Crippen molar-refractivity contribution in [3.8, 4) is 0 Å². The van der Waals surface area contributed by atoms with Gasteiger partial charge in [-0.1, -0.05) is 0 Å². The Bertz CT molecular complexity index is 148. The molecule has 1 heterocycles. The van der Waals surface area contributed by atoms with Gasteiger partial charge in [0.1, 0.15) is 6.26 Å². The molecule has 5 nitrogen and oxygen atoms in total. The zero-order chi connectivity index (χ0) is 5.98. The molecule has 8 heavy (non-hydrogen) atoms. The lowest BCUT2D eigenvalue weighted by molar-refractivity contribution is -0.801. The van der Waals surface area contributed by atoms with Gasteiger partial charge in [0.15, 0.2) is 0 Å². The monoisotopic (exact) mass is 115 g/mol. The molecule has 44 valence electrons.